The molecule has 24 heavy (non-hydrogen) atoms. The highest BCUT2D eigenvalue weighted by Gasteiger charge is 2.23. The van der Waals surface area contributed by atoms with Crippen molar-refractivity contribution in [2.45, 2.75) is 20.0 Å². The number of nitrogens with zero attached hydrogens (tertiary/aromatic N) is 3. The average molecular weight is 345 g/mol. The van der Waals surface area contributed by atoms with Crippen LogP contribution in [0.4, 0.5) is 4.79 Å². The van der Waals surface area contributed by atoms with Crippen LogP contribution in [-0.4, -0.2) is 26.3 Å². The lowest BCUT2D eigenvalue weighted by Crippen LogP contribution is -2.24. The van der Waals surface area contributed by atoms with E-state index in [1.165, 1.54) is 11.3 Å². The van der Waals surface area contributed by atoms with Crippen molar-refractivity contribution < 1.29 is 9.53 Å². The number of carbonyl (C=O) groups is 1. The van der Waals surface area contributed by atoms with Gasteiger partial charge >= 0.3 is 6.09 Å². The SMILES string of the molecule is CC(C)C(OC(N)=O)c1nc2cc(-c3ccnnc3)sc2c(=O)[nH]1. The van der Waals surface area contributed by atoms with Crippen molar-refractivity contribution >= 4 is 27.6 Å². The summed E-state index contributed by atoms with van der Waals surface area (Å²) in [5.74, 6) is 0.180. The number of nitrogens with one attached hydrogen (secondary N) is 1. The number of hydrogen-bond acceptors (Lipinski definition) is 7. The zero-order chi connectivity index (χ0) is 17.3. The van der Waals surface area contributed by atoms with Crippen LogP contribution in [0.25, 0.3) is 20.7 Å². The fourth-order valence-electron chi connectivity index (χ4n) is 2.30. The minimum absolute atomic E-state index is 0.0967. The van der Waals surface area contributed by atoms with Crippen LogP contribution in [-0.2, 0) is 4.74 Å². The van der Waals surface area contributed by atoms with Gasteiger partial charge in [-0.1, -0.05) is 13.8 Å². The van der Waals surface area contributed by atoms with E-state index in [1.807, 2.05) is 13.8 Å². The molecule has 0 aliphatic rings. The highest BCUT2D eigenvalue weighted by atomic mass is 32.1. The smallest absolute Gasteiger partial charge is 0.405 e. The molecule has 0 aliphatic carbocycles. The predicted octanol–water partition coefficient (Wildman–Crippen LogP) is 2.23. The molecule has 1 unspecified atom stereocenters. The minimum atomic E-state index is -0.912. The van der Waals surface area contributed by atoms with Crippen LogP contribution in [0, 0.1) is 5.92 Å². The van der Waals surface area contributed by atoms with Gasteiger partial charge in [-0.05, 0) is 18.1 Å². The van der Waals surface area contributed by atoms with Gasteiger partial charge in [0.25, 0.3) is 5.56 Å². The highest BCUT2D eigenvalue weighted by molar-refractivity contribution is 7.22. The lowest BCUT2D eigenvalue weighted by Gasteiger charge is -2.19. The number of nitrogens with two attached hydrogens (primary N) is 1. The summed E-state index contributed by atoms with van der Waals surface area (Å²) < 4.78 is 5.58. The molecule has 0 saturated carbocycles. The van der Waals surface area contributed by atoms with Crippen LogP contribution in [0.1, 0.15) is 25.8 Å². The van der Waals surface area contributed by atoms with Crippen molar-refractivity contribution in [2.24, 2.45) is 11.7 Å². The average Bonchev–Trinajstić information content (AvgIpc) is 2.97. The first-order valence-corrected chi connectivity index (χ1v) is 8.04. The number of hydrogen-bond donors (Lipinski definition) is 2. The number of rotatable bonds is 4. The lowest BCUT2D eigenvalue weighted by molar-refractivity contribution is 0.0728. The van der Waals surface area contributed by atoms with E-state index in [-0.39, 0.29) is 17.3 Å². The van der Waals surface area contributed by atoms with E-state index in [4.69, 9.17) is 10.5 Å². The minimum Gasteiger partial charge on any atom is -0.438 e. The number of fused-ring (bicyclic) bond motifs is 1. The van der Waals surface area contributed by atoms with Gasteiger partial charge in [0.2, 0.25) is 0 Å². The maximum absolute atomic E-state index is 12.4. The fraction of sp³-hybridized carbons (Fsp3) is 0.267. The zero-order valence-corrected chi connectivity index (χ0v) is 13.8. The Bertz CT molecular complexity index is 935. The molecule has 3 rings (SSSR count). The van der Waals surface area contributed by atoms with E-state index < -0.39 is 12.2 Å². The van der Waals surface area contributed by atoms with Gasteiger partial charge in [0.15, 0.2) is 11.9 Å². The van der Waals surface area contributed by atoms with E-state index >= 15 is 0 Å². The Labute approximate surface area is 140 Å². The maximum Gasteiger partial charge on any atom is 0.405 e. The van der Waals surface area contributed by atoms with Crippen molar-refractivity contribution in [3.05, 3.63) is 40.7 Å². The van der Waals surface area contributed by atoms with Gasteiger partial charge in [-0.25, -0.2) is 9.78 Å². The van der Waals surface area contributed by atoms with Gasteiger partial charge in [-0.3, -0.25) is 4.79 Å². The van der Waals surface area contributed by atoms with Crippen LogP contribution in [0.5, 0.6) is 0 Å². The van der Waals surface area contributed by atoms with Gasteiger partial charge in [0.05, 0.1) is 17.9 Å². The molecular formula is C15H15N5O3S. The lowest BCUT2D eigenvalue weighted by atomic mass is 10.1. The summed E-state index contributed by atoms with van der Waals surface area (Å²) in [4.78, 5) is 31.4. The normalized spacial score (nSPS) is 12.5. The molecule has 0 aromatic carbocycles. The van der Waals surface area contributed by atoms with Crippen molar-refractivity contribution in [1.82, 2.24) is 20.2 Å². The standard InChI is InChI=1S/C15H15N5O3S/c1-7(2)11(23-15(16)22)13-19-9-5-10(8-3-4-17-18-6-8)24-12(9)14(21)20-13/h3-7,11H,1-2H3,(H2,16,22)(H,19,20,21). The molecule has 3 aromatic heterocycles. The van der Waals surface area contributed by atoms with E-state index in [0.29, 0.717) is 10.2 Å². The third kappa shape index (κ3) is 3.11. The Kier molecular flexibility index (Phi) is 4.26. The number of aromatic nitrogens is 4. The summed E-state index contributed by atoms with van der Waals surface area (Å²) in [6.07, 6.45) is 1.57. The number of primary amides is 1. The number of amides is 1. The zero-order valence-electron chi connectivity index (χ0n) is 13.0. The molecule has 3 heterocycles. The Morgan fingerprint density at radius 2 is 2.17 bits per heavy atom. The third-order valence-corrected chi connectivity index (χ3v) is 4.56. The number of carbonyl (C=O) groups excluding carboxylic acids is 1. The molecule has 0 fully saturated rings. The van der Waals surface area contributed by atoms with Crippen LogP contribution in [0.2, 0.25) is 0 Å². The molecule has 3 aromatic rings. The summed E-state index contributed by atoms with van der Waals surface area (Å²) >= 11 is 1.31. The van der Waals surface area contributed by atoms with Crippen LogP contribution in [0.15, 0.2) is 29.3 Å². The largest absolute Gasteiger partial charge is 0.438 e. The van der Waals surface area contributed by atoms with Gasteiger partial charge in [0.1, 0.15) is 4.70 Å². The van der Waals surface area contributed by atoms with Gasteiger partial charge in [-0.15, -0.1) is 11.3 Å². The molecule has 124 valence electrons. The Morgan fingerprint density at radius 1 is 1.38 bits per heavy atom. The van der Waals surface area contributed by atoms with Crippen LogP contribution < -0.4 is 11.3 Å². The topological polar surface area (TPSA) is 124 Å². The van der Waals surface area contributed by atoms with E-state index in [1.54, 1.807) is 24.5 Å². The number of H-pyrrole nitrogens is 1. The first-order chi connectivity index (χ1) is 11.5. The van der Waals surface area contributed by atoms with Gasteiger partial charge < -0.3 is 15.5 Å². The predicted molar refractivity (Wildman–Crippen MR) is 89.5 cm³/mol. The Balaban J connectivity index is 2.09. The summed E-state index contributed by atoms with van der Waals surface area (Å²) in [6.45, 7) is 3.69. The maximum atomic E-state index is 12.4. The van der Waals surface area contributed by atoms with E-state index in [0.717, 1.165) is 10.4 Å². The first kappa shape index (κ1) is 16.1. The summed E-state index contributed by atoms with van der Waals surface area (Å²) in [7, 11) is 0. The van der Waals surface area contributed by atoms with Crippen LogP contribution >= 0.6 is 11.3 Å². The molecular weight excluding hydrogens is 330 g/mol. The first-order valence-electron chi connectivity index (χ1n) is 7.22. The molecule has 0 radical (unpaired) electrons. The molecule has 0 bridgehead atoms. The van der Waals surface area contributed by atoms with Gasteiger partial charge in [-0.2, -0.15) is 10.2 Å². The van der Waals surface area contributed by atoms with Crippen molar-refractivity contribution in [2.75, 3.05) is 0 Å². The monoisotopic (exact) mass is 345 g/mol. The molecule has 3 N–H and O–H groups in total. The Hall–Kier alpha value is -2.81. The van der Waals surface area contributed by atoms with E-state index in [9.17, 15) is 9.59 Å². The number of aromatic amines is 1. The molecule has 8 nitrogen and oxygen atoms in total. The van der Waals surface area contributed by atoms with E-state index in [2.05, 4.69) is 20.2 Å². The van der Waals surface area contributed by atoms with Crippen molar-refractivity contribution in [3.63, 3.8) is 0 Å². The molecule has 0 saturated heterocycles. The van der Waals surface area contributed by atoms with Crippen molar-refractivity contribution in [3.8, 4) is 10.4 Å². The molecule has 9 heteroatoms. The second-order valence-corrected chi connectivity index (χ2v) is 6.56. The fourth-order valence-corrected chi connectivity index (χ4v) is 3.29. The summed E-state index contributed by atoms with van der Waals surface area (Å²) in [5, 5.41) is 7.57. The van der Waals surface area contributed by atoms with Crippen LogP contribution in [0.3, 0.4) is 0 Å². The second kappa shape index (κ2) is 6.36. The van der Waals surface area contributed by atoms with Gasteiger partial charge in [0, 0.05) is 10.4 Å². The Morgan fingerprint density at radius 3 is 2.79 bits per heavy atom. The summed E-state index contributed by atoms with van der Waals surface area (Å²) in [6, 6.07) is 3.61. The quantitative estimate of drug-likeness (QED) is 0.747. The number of thiophene rings is 1. The molecule has 0 aliphatic heterocycles. The summed E-state index contributed by atoms with van der Waals surface area (Å²) in [5.41, 5.74) is 6.20. The second-order valence-electron chi connectivity index (χ2n) is 5.51. The highest BCUT2D eigenvalue weighted by Crippen LogP contribution is 2.31. The van der Waals surface area contributed by atoms with Crippen molar-refractivity contribution in [1.29, 1.82) is 0 Å². The third-order valence-electron chi connectivity index (χ3n) is 3.39. The molecule has 1 atom stereocenters. The number of ether oxygens (including phenoxy) is 1. The molecule has 1 amide bonds. The molecule has 0 spiro atoms.